The Bertz CT molecular complexity index is 154. The first-order valence-electron chi connectivity index (χ1n) is 2.74. The van der Waals surface area contributed by atoms with Gasteiger partial charge in [0, 0.05) is 6.42 Å². The molecule has 0 bridgehead atoms. The van der Waals surface area contributed by atoms with Gasteiger partial charge in [0.05, 0.1) is 0 Å². The van der Waals surface area contributed by atoms with Gasteiger partial charge in [-0.1, -0.05) is 0 Å². The average Bonchev–Trinajstić information content (AvgIpc) is 1.82. The Hall–Kier alpha value is -0.000260. The molecule has 15 heavy (non-hydrogen) atoms. The molecule has 0 unspecified atom stereocenters. The van der Waals surface area contributed by atoms with Crippen LogP contribution in [0, 0.1) is 0 Å². The van der Waals surface area contributed by atoms with Crippen LogP contribution in [0.2, 0.25) is 0 Å². The van der Waals surface area contributed by atoms with E-state index in [1.165, 1.54) is 0 Å². The summed E-state index contributed by atoms with van der Waals surface area (Å²) in [6.45, 7) is 0. The number of carboxylic acids is 2. The summed E-state index contributed by atoms with van der Waals surface area (Å²) >= 11 is 0. The van der Waals surface area contributed by atoms with Crippen LogP contribution in [0.4, 0.5) is 0 Å². The first kappa shape index (κ1) is 36.3. The summed E-state index contributed by atoms with van der Waals surface area (Å²) in [6.07, 6.45) is -0.224. The fourth-order valence-corrected chi connectivity index (χ4v) is 0.402. The molecule has 0 amide bonds. The van der Waals surface area contributed by atoms with Crippen molar-refractivity contribution in [1.82, 2.24) is 0 Å². The summed E-state index contributed by atoms with van der Waals surface area (Å²) in [5, 5.41) is 16.3. The van der Waals surface area contributed by atoms with Crippen LogP contribution in [0.5, 0.6) is 0 Å². The van der Waals surface area contributed by atoms with E-state index >= 15 is 0 Å². The second-order valence-corrected chi connectivity index (χ2v) is 1.88. The van der Waals surface area contributed by atoms with Crippen LogP contribution >= 0.6 is 0 Å². The van der Waals surface area contributed by atoms with Gasteiger partial charge in [-0.3, -0.25) is 9.59 Å². The number of aliphatic carboxylic acids is 2. The van der Waals surface area contributed by atoms with Gasteiger partial charge in [-0.25, -0.2) is 0 Å². The summed E-state index contributed by atoms with van der Waals surface area (Å²) in [5.41, 5.74) is 5.00. The summed E-state index contributed by atoms with van der Waals surface area (Å²) in [7, 11) is 0. The van der Waals surface area contributed by atoms with Crippen molar-refractivity contribution in [2.75, 3.05) is 0 Å². The molecule has 0 aromatic carbocycles. The Labute approximate surface area is 115 Å². The van der Waals surface area contributed by atoms with Crippen molar-refractivity contribution in [2.45, 2.75) is 18.9 Å². The van der Waals surface area contributed by atoms with Gasteiger partial charge >= 0.3 is 49.7 Å². The molecule has 1 atom stereocenters. The molecule has 0 aromatic heterocycles. The van der Waals surface area contributed by atoms with Crippen molar-refractivity contribution >= 4 is 49.7 Å². The molecule has 0 saturated heterocycles. The fourth-order valence-electron chi connectivity index (χ4n) is 0.402. The summed E-state index contributed by atoms with van der Waals surface area (Å²) in [6, 6.07) is -1.06. The zero-order chi connectivity index (χ0) is 8.15. The number of carbonyl (C=O) groups is 2. The number of hydrogen-bond donors (Lipinski definition) is 3. The summed E-state index contributed by atoms with van der Waals surface area (Å²) < 4.78 is 0. The predicted octanol–water partition coefficient (Wildman–Crippen LogP) is -4.42. The zero-order valence-electron chi connectivity index (χ0n) is 7.99. The molecule has 9 nitrogen and oxygen atoms in total. The van der Waals surface area contributed by atoms with Crippen molar-refractivity contribution in [1.29, 1.82) is 0 Å². The SMILES string of the molecule is N[C@@H](CCC(=O)O)C(=O)O.O.O.O.O.[Ca+2]. The maximum atomic E-state index is 9.99. The van der Waals surface area contributed by atoms with Crippen LogP contribution in [-0.2, 0) is 9.59 Å². The van der Waals surface area contributed by atoms with Gasteiger partial charge in [-0.05, 0) is 6.42 Å². The van der Waals surface area contributed by atoms with E-state index in [4.69, 9.17) is 15.9 Å². The number of carboxylic acid groups (broad SMARTS) is 2. The second-order valence-electron chi connectivity index (χ2n) is 1.88. The topological polar surface area (TPSA) is 227 Å². The van der Waals surface area contributed by atoms with Crippen LogP contribution in [-0.4, -0.2) is 87.8 Å². The minimum absolute atomic E-state index is 0. The van der Waals surface area contributed by atoms with E-state index in [9.17, 15) is 9.59 Å². The van der Waals surface area contributed by atoms with E-state index in [-0.39, 0.29) is 72.5 Å². The summed E-state index contributed by atoms with van der Waals surface area (Å²) in [4.78, 5) is 19.9. The molecule has 0 fully saturated rings. The summed E-state index contributed by atoms with van der Waals surface area (Å²) in [5.74, 6) is -2.20. The van der Waals surface area contributed by atoms with E-state index in [0.717, 1.165) is 0 Å². The van der Waals surface area contributed by atoms with Crippen LogP contribution in [0.15, 0.2) is 0 Å². The number of nitrogens with two attached hydrogens (primary N) is 1. The molecule has 0 aliphatic rings. The molecule has 90 valence electrons. The van der Waals surface area contributed by atoms with E-state index in [0.29, 0.717) is 0 Å². The number of rotatable bonds is 4. The predicted molar refractivity (Wildman–Crippen MR) is 52.7 cm³/mol. The maximum Gasteiger partial charge on any atom is 2.00 e. The van der Waals surface area contributed by atoms with Crippen LogP contribution < -0.4 is 5.73 Å². The zero-order valence-corrected chi connectivity index (χ0v) is 10.2. The van der Waals surface area contributed by atoms with Gasteiger partial charge in [-0.2, -0.15) is 0 Å². The van der Waals surface area contributed by atoms with Crippen molar-refractivity contribution in [3.05, 3.63) is 0 Å². The van der Waals surface area contributed by atoms with Gasteiger partial charge in [0.1, 0.15) is 6.04 Å². The molecular weight excluding hydrogens is 242 g/mol. The van der Waals surface area contributed by atoms with Crippen molar-refractivity contribution in [3.8, 4) is 0 Å². The second kappa shape index (κ2) is 19.6. The third-order valence-electron chi connectivity index (χ3n) is 0.986. The number of hydrogen-bond acceptors (Lipinski definition) is 3. The van der Waals surface area contributed by atoms with Gasteiger partial charge in [0.25, 0.3) is 0 Å². The van der Waals surface area contributed by atoms with Gasteiger partial charge in [0.15, 0.2) is 0 Å². The monoisotopic (exact) mass is 259 g/mol. The largest absolute Gasteiger partial charge is 2.00 e. The Morgan fingerprint density at radius 1 is 1.07 bits per heavy atom. The van der Waals surface area contributed by atoms with E-state index in [2.05, 4.69) is 0 Å². The fraction of sp³-hybridized carbons (Fsp3) is 0.600. The Morgan fingerprint density at radius 2 is 1.40 bits per heavy atom. The first-order valence-corrected chi connectivity index (χ1v) is 2.74. The molecule has 0 saturated carbocycles. The molecule has 10 heteroatoms. The molecule has 0 aliphatic heterocycles. The first-order chi connectivity index (χ1) is 4.54. The Balaban J connectivity index is -0.0000000405. The van der Waals surface area contributed by atoms with Crippen molar-refractivity contribution in [2.24, 2.45) is 5.73 Å². The molecule has 0 spiro atoms. The minimum Gasteiger partial charge on any atom is -0.481 e. The molecule has 0 radical (unpaired) electrons. The Morgan fingerprint density at radius 3 is 1.60 bits per heavy atom. The van der Waals surface area contributed by atoms with Gasteiger partial charge in [0.2, 0.25) is 0 Å². The van der Waals surface area contributed by atoms with Crippen molar-refractivity contribution in [3.63, 3.8) is 0 Å². The minimum atomic E-state index is -1.17. The maximum absolute atomic E-state index is 9.99. The Kier molecular flexibility index (Phi) is 47.3. The molecular formula is C5H17CaNO8+2. The molecule has 0 aromatic rings. The average molecular weight is 259 g/mol. The van der Waals surface area contributed by atoms with Crippen LogP contribution in [0.1, 0.15) is 12.8 Å². The third kappa shape index (κ3) is 24.9. The normalized spacial score (nSPS) is 8.33. The molecule has 0 rings (SSSR count). The van der Waals surface area contributed by atoms with E-state index in [1.54, 1.807) is 0 Å². The van der Waals surface area contributed by atoms with Gasteiger partial charge in [-0.15, -0.1) is 0 Å². The standard InChI is InChI=1S/C5H9NO4.Ca.4H2O/c6-3(5(9)10)1-2-4(7)8;;;;;/h3H,1-2,6H2,(H,7,8)(H,9,10);;4*1H2/q;+2;;;;/t3-;;;;;/m0...../s1. The quantitative estimate of drug-likeness (QED) is 0.423. The smallest absolute Gasteiger partial charge is 0.481 e. The van der Waals surface area contributed by atoms with E-state index in [1.807, 2.05) is 0 Å². The third-order valence-corrected chi connectivity index (χ3v) is 0.986. The van der Waals surface area contributed by atoms with Crippen LogP contribution in [0.25, 0.3) is 0 Å². The van der Waals surface area contributed by atoms with Crippen molar-refractivity contribution < 1.29 is 41.7 Å². The molecule has 0 heterocycles. The van der Waals surface area contributed by atoms with Gasteiger partial charge < -0.3 is 37.9 Å². The van der Waals surface area contributed by atoms with Crippen LogP contribution in [0.3, 0.4) is 0 Å². The van der Waals surface area contributed by atoms with E-state index < -0.39 is 18.0 Å². The molecule has 0 aliphatic carbocycles. The molecule has 12 N–H and O–H groups in total.